The summed E-state index contributed by atoms with van der Waals surface area (Å²) in [5.41, 5.74) is 0.313. The fourth-order valence-corrected chi connectivity index (χ4v) is 3.28. The van der Waals surface area contributed by atoms with Crippen LogP contribution in [0.15, 0.2) is 51.8 Å². The van der Waals surface area contributed by atoms with E-state index in [0.717, 1.165) is 17.8 Å². The number of carbonyl (C=O) groups is 1. The molecule has 0 radical (unpaired) electrons. The van der Waals surface area contributed by atoms with E-state index in [-0.39, 0.29) is 22.9 Å². The number of halogens is 3. The van der Waals surface area contributed by atoms with Gasteiger partial charge in [0.2, 0.25) is 5.76 Å². The third-order valence-corrected chi connectivity index (χ3v) is 4.66. The van der Waals surface area contributed by atoms with Crippen LogP contribution in [0.2, 0.25) is 0 Å². The lowest BCUT2D eigenvalue weighted by atomic mass is 10.1. The zero-order valence-electron chi connectivity index (χ0n) is 13.6. The van der Waals surface area contributed by atoms with Gasteiger partial charge in [-0.15, -0.1) is 11.8 Å². The third kappa shape index (κ3) is 3.50. The Balaban J connectivity index is 1.94. The molecule has 2 N–H and O–H groups in total. The Labute approximate surface area is 151 Å². The molecule has 3 aromatic rings. The molecule has 136 valence electrons. The minimum absolute atomic E-state index is 0.0224. The summed E-state index contributed by atoms with van der Waals surface area (Å²) in [5, 5.41) is 12.8. The Morgan fingerprint density at radius 1 is 1.23 bits per heavy atom. The number of aromatic carboxylic acids is 1. The Morgan fingerprint density at radius 2 is 1.96 bits per heavy atom. The molecule has 8 heteroatoms. The molecule has 0 saturated carbocycles. The van der Waals surface area contributed by atoms with Crippen LogP contribution in [-0.4, -0.2) is 17.3 Å². The molecule has 0 saturated heterocycles. The zero-order chi connectivity index (χ0) is 18.9. The van der Waals surface area contributed by atoms with Gasteiger partial charge in [-0.2, -0.15) is 13.2 Å². The Bertz CT molecular complexity index is 966. The summed E-state index contributed by atoms with van der Waals surface area (Å²) in [7, 11) is 0. The third-order valence-electron chi connectivity index (χ3n) is 3.87. The van der Waals surface area contributed by atoms with Gasteiger partial charge in [0.15, 0.2) is 0 Å². The molecule has 0 unspecified atom stereocenters. The fraction of sp³-hybridized carbons (Fsp3) is 0.167. The molecular weight excluding hydrogens is 367 g/mol. The van der Waals surface area contributed by atoms with Crippen LogP contribution in [-0.2, 0) is 12.7 Å². The maximum atomic E-state index is 13.2. The van der Waals surface area contributed by atoms with E-state index in [4.69, 9.17) is 4.42 Å². The molecule has 1 aromatic heterocycles. The van der Waals surface area contributed by atoms with E-state index < -0.39 is 17.7 Å². The van der Waals surface area contributed by atoms with Crippen LogP contribution in [0.1, 0.15) is 21.7 Å². The Kier molecular flexibility index (Phi) is 4.86. The second-order valence-corrected chi connectivity index (χ2v) is 6.33. The number of para-hydroxylation sites is 1. The fourth-order valence-electron chi connectivity index (χ4n) is 2.68. The summed E-state index contributed by atoms with van der Waals surface area (Å²) in [4.78, 5) is 11.5. The predicted octanol–water partition coefficient (Wildman–Crippen LogP) is 5.48. The molecule has 26 heavy (non-hydrogen) atoms. The second kappa shape index (κ2) is 6.95. The lowest BCUT2D eigenvalue weighted by molar-refractivity contribution is -0.139. The topological polar surface area (TPSA) is 62.5 Å². The largest absolute Gasteiger partial charge is 0.475 e. The first-order valence-electron chi connectivity index (χ1n) is 7.54. The van der Waals surface area contributed by atoms with E-state index in [1.165, 1.54) is 12.1 Å². The van der Waals surface area contributed by atoms with Gasteiger partial charge in [0.1, 0.15) is 5.58 Å². The highest BCUT2D eigenvalue weighted by Crippen LogP contribution is 2.37. The monoisotopic (exact) mass is 381 g/mol. The predicted molar refractivity (Wildman–Crippen MR) is 93.7 cm³/mol. The number of fused-ring (bicyclic) bond motifs is 1. The van der Waals surface area contributed by atoms with Gasteiger partial charge in [0.25, 0.3) is 0 Å². The molecule has 0 aliphatic carbocycles. The molecule has 1 heterocycles. The van der Waals surface area contributed by atoms with Crippen molar-refractivity contribution in [3.63, 3.8) is 0 Å². The molecule has 4 nitrogen and oxygen atoms in total. The number of alkyl halides is 3. The van der Waals surface area contributed by atoms with Crippen molar-refractivity contribution >= 4 is 34.4 Å². The highest BCUT2D eigenvalue weighted by atomic mass is 32.2. The van der Waals surface area contributed by atoms with Crippen molar-refractivity contribution in [2.24, 2.45) is 0 Å². The highest BCUT2D eigenvalue weighted by molar-refractivity contribution is 7.98. The van der Waals surface area contributed by atoms with Gasteiger partial charge < -0.3 is 14.8 Å². The first-order valence-corrected chi connectivity index (χ1v) is 8.76. The van der Waals surface area contributed by atoms with Crippen LogP contribution < -0.4 is 5.32 Å². The molecule has 0 fully saturated rings. The van der Waals surface area contributed by atoms with E-state index in [2.05, 4.69) is 5.32 Å². The second-order valence-electron chi connectivity index (χ2n) is 5.48. The first-order chi connectivity index (χ1) is 12.3. The van der Waals surface area contributed by atoms with E-state index in [0.29, 0.717) is 16.5 Å². The summed E-state index contributed by atoms with van der Waals surface area (Å²) in [6, 6.07) is 10.7. The number of hydrogen-bond acceptors (Lipinski definition) is 4. The number of carboxylic acid groups (broad SMARTS) is 1. The average Bonchev–Trinajstić information content (AvgIpc) is 2.98. The normalized spacial score (nSPS) is 11.7. The summed E-state index contributed by atoms with van der Waals surface area (Å²) in [6.45, 7) is 0.0224. The number of carboxylic acids is 1. The summed E-state index contributed by atoms with van der Waals surface area (Å²) < 4.78 is 44.9. The number of anilines is 1. The molecule has 2 aromatic carbocycles. The van der Waals surface area contributed by atoms with Gasteiger partial charge >= 0.3 is 12.1 Å². The maximum absolute atomic E-state index is 13.2. The Hall–Kier alpha value is -2.61. The van der Waals surface area contributed by atoms with Gasteiger partial charge in [-0.1, -0.05) is 18.2 Å². The highest BCUT2D eigenvalue weighted by Gasteiger charge is 2.33. The minimum atomic E-state index is -4.47. The van der Waals surface area contributed by atoms with Crippen molar-refractivity contribution in [1.29, 1.82) is 0 Å². The number of hydrogen-bond donors (Lipinski definition) is 2. The first kappa shape index (κ1) is 18.2. The van der Waals surface area contributed by atoms with E-state index >= 15 is 0 Å². The van der Waals surface area contributed by atoms with Crippen molar-refractivity contribution in [3.8, 4) is 0 Å². The quantitative estimate of drug-likeness (QED) is 0.573. The minimum Gasteiger partial charge on any atom is -0.475 e. The standard InChI is InChI=1S/C18H14F3NO3S/c1-26-15-7-6-10(8-13(15)18(19,20)21)22-9-12-11-4-2-3-5-14(11)25-16(12)17(23)24/h2-8,22H,9H2,1H3,(H,23,24). The van der Waals surface area contributed by atoms with Crippen molar-refractivity contribution in [1.82, 2.24) is 0 Å². The van der Waals surface area contributed by atoms with Crippen LogP contribution in [0.5, 0.6) is 0 Å². The number of thioether (sulfide) groups is 1. The molecule has 0 aliphatic heterocycles. The zero-order valence-corrected chi connectivity index (χ0v) is 14.4. The van der Waals surface area contributed by atoms with Crippen LogP contribution >= 0.6 is 11.8 Å². The van der Waals surface area contributed by atoms with E-state index in [1.807, 2.05) is 0 Å². The number of furan rings is 1. The Morgan fingerprint density at radius 3 is 2.62 bits per heavy atom. The summed E-state index contributed by atoms with van der Waals surface area (Å²) >= 11 is 1.01. The van der Waals surface area contributed by atoms with Crippen LogP contribution in [0.3, 0.4) is 0 Å². The molecule has 0 aliphatic rings. The van der Waals surface area contributed by atoms with E-state index in [9.17, 15) is 23.1 Å². The van der Waals surface area contributed by atoms with E-state index in [1.54, 1.807) is 30.5 Å². The van der Waals surface area contributed by atoms with Gasteiger partial charge in [-0.05, 0) is 30.5 Å². The van der Waals surface area contributed by atoms with Crippen molar-refractivity contribution in [2.45, 2.75) is 17.6 Å². The van der Waals surface area contributed by atoms with Crippen LogP contribution in [0.25, 0.3) is 11.0 Å². The summed E-state index contributed by atoms with van der Waals surface area (Å²) in [5.74, 6) is -1.46. The summed E-state index contributed by atoms with van der Waals surface area (Å²) in [6.07, 6.45) is -2.89. The number of nitrogens with one attached hydrogen (secondary N) is 1. The lowest BCUT2D eigenvalue weighted by Crippen LogP contribution is -2.09. The molecule has 0 bridgehead atoms. The molecule has 0 atom stereocenters. The van der Waals surface area contributed by atoms with Gasteiger partial charge in [-0.25, -0.2) is 4.79 Å². The molecule has 0 amide bonds. The van der Waals surface area contributed by atoms with Gasteiger partial charge in [0.05, 0.1) is 5.56 Å². The van der Waals surface area contributed by atoms with Crippen LogP contribution in [0, 0.1) is 0 Å². The molecular formula is C18H14F3NO3S. The van der Waals surface area contributed by atoms with Crippen LogP contribution in [0.4, 0.5) is 18.9 Å². The van der Waals surface area contributed by atoms with Crippen molar-refractivity contribution < 1.29 is 27.5 Å². The van der Waals surface area contributed by atoms with Crippen molar-refractivity contribution in [2.75, 3.05) is 11.6 Å². The SMILES string of the molecule is CSc1ccc(NCc2c(C(=O)O)oc3ccccc23)cc1C(F)(F)F. The number of rotatable bonds is 5. The average molecular weight is 381 g/mol. The number of benzene rings is 2. The van der Waals surface area contributed by atoms with Gasteiger partial charge in [0, 0.05) is 28.1 Å². The molecule has 3 rings (SSSR count). The molecule has 0 spiro atoms. The van der Waals surface area contributed by atoms with Gasteiger partial charge in [-0.3, -0.25) is 0 Å². The lowest BCUT2D eigenvalue weighted by Gasteiger charge is -2.14. The smallest absolute Gasteiger partial charge is 0.417 e. The maximum Gasteiger partial charge on any atom is 0.417 e. The van der Waals surface area contributed by atoms with Crippen molar-refractivity contribution in [3.05, 3.63) is 59.4 Å².